The number of aliphatic hydroxyl groups excluding tert-OH is 1. The molecule has 0 radical (unpaired) electrons. The number of carboxylic acid groups (broad SMARTS) is 1. The predicted octanol–water partition coefficient (Wildman–Crippen LogP) is 5.37. The van der Waals surface area contributed by atoms with Crippen molar-refractivity contribution in [2.45, 2.75) is 92.1 Å². The van der Waals surface area contributed by atoms with Gasteiger partial charge in [0.2, 0.25) is 0 Å². The molecular formula is C29H42O5. The fourth-order valence-corrected chi connectivity index (χ4v) is 8.50. The van der Waals surface area contributed by atoms with Gasteiger partial charge >= 0.3 is 5.97 Å². The summed E-state index contributed by atoms with van der Waals surface area (Å²) in [6.45, 7) is 14.3. The van der Waals surface area contributed by atoms with Crippen LogP contribution in [0.2, 0.25) is 0 Å². The number of rotatable bonds is 6. The van der Waals surface area contributed by atoms with E-state index in [0.717, 1.165) is 36.0 Å². The summed E-state index contributed by atoms with van der Waals surface area (Å²) in [7, 11) is 0. The molecule has 2 N–H and O–H groups in total. The molecule has 0 aromatic rings. The average Bonchev–Trinajstić information content (AvgIpc) is 3.11. The largest absolute Gasteiger partial charge is 0.481 e. The van der Waals surface area contributed by atoms with E-state index in [0.29, 0.717) is 43.9 Å². The molecule has 5 heteroatoms. The van der Waals surface area contributed by atoms with Gasteiger partial charge in [-0.15, -0.1) is 0 Å². The molecule has 0 aromatic carbocycles. The van der Waals surface area contributed by atoms with Crippen LogP contribution in [-0.2, 0) is 14.4 Å². The normalized spacial score (nSPS) is 41.4. The highest BCUT2D eigenvalue weighted by molar-refractivity contribution is 6.00. The summed E-state index contributed by atoms with van der Waals surface area (Å²) in [6.07, 6.45) is 5.24. The zero-order valence-electron chi connectivity index (χ0n) is 21.5. The van der Waals surface area contributed by atoms with Crippen LogP contribution in [0, 0.1) is 46.3 Å². The number of hydrogen-bond donors (Lipinski definition) is 2. The third-order valence-electron chi connectivity index (χ3n) is 10.7. The molecule has 0 heterocycles. The second kappa shape index (κ2) is 8.72. The van der Waals surface area contributed by atoms with E-state index in [4.69, 9.17) is 0 Å². The number of carboxylic acids is 1. The summed E-state index contributed by atoms with van der Waals surface area (Å²) < 4.78 is 0. The first-order chi connectivity index (χ1) is 15.8. The number of aliphatic hydroxyl groups is 1. The Balaban J connectivity index is 1.61. The summed E-state index contributed by atoms with van der Waals surface area (Å²) in [6, 6.07) is 0. The lowest BCUT2D eigenvalue weighted by molar-refractivity contribution is -0.140. The smallest absolute Gasteiger partial charge is 0.310 e. The Morgan fingerprint density at radius 2 is 1.88 bits per heavy atom. The van der Waals surface area contributed by atoms with Crippen LogP contribution >= 0.6 is 0 Å². The number of carbonyl (C=O) groups excluding carboxylic acids is 2. The lowest BCUT2D eigenvalue weighted by Crippen LogP contribution is -2.54. The fraction of sp³-hybridized carbons (Fsp3) is 0.759. The quantitative estimate of drug-likeness (QED) is 0.509. The van der Waals surface area contributed by atoms with Crippen molar-refractivity contribution in [3.05, 3.63) is 23.3 Å². The summed E-state index contributed by atoms with van der Waals surface area (Å²) in [5, 5.41) is 20.6. The molecule has 9 atom stereocenters. The molecule has 4 aliphatic carbocycles. The van der Waals surface area contributed by atoms with E-state index >= 15 is 0 Å². The van der Waals surface area contributed by atoms with E-state index < -0.39 is 18.0 Å². The lowest BCUT2D eigenvalue weighted by Gasteiger charge is -2.55. The molecule has 188 valence electrons. The second-order valence-corrected chi connectivity index (χ2v) is 12.4. The molecule has 4 rings (SSSR count). The van der Waals surface area contributed by atoms with Gasteiger partial charge in [-0.05, 0) is 80.1 Å². The zero-order chi connectivity index (χ0) is 25.2. The highest BCUT2D eigenvalue weighted by atomic mass is 16.4. The third-order valence-corrected chi connectivity index (χ3v) is 10.7. The number of Topliss-reactive ketones (excluding diaryl/α,β-unsaturated/α-hetero) is 2. The Hall–Kier alpha value is -1.75. The minimum atomic E-state index is -0.834. The van der Waals surface area contributed by atoms with Gasteiger partial charge in [0.1, 0.15) is 5.78 Å². The predicted molar refractivity (Wildman–Crippen MR) is 131 cm³/mol. The van der Waals surface area contributed by atoms with E-state index in [2.05, 4.69) is 27.4 Å². The highest BCUT2D eigenvalue weighted by Gasteiger charge is 2.61. The molecule has 34 heavy (non-hydrogen) atoms. The Bertz CT molecular complexity index is 946. The SMILES string of the molecule is C=C(CC[C@@H](C)C1CC[C@H]2C3=C(C(=O)C[C@]12C)[C@@]1(C)CCC(=O)[C@@H](C)[C@@H]1CC3O)[C@H](C)C(=O)O. The van der Waals surface area contributed by atoms with Crippen molar-refractivity contribution in [3.8, 4) is 0 Å². The number of carbonyl (C=O) groups is 3. The first kappa shape index (κ1) is 25.3. The maximum absolute atomic E-state index is 13.8. The Morgan fingerprint density at radius 3 is 2.53 bits per heavy atom. The van der Waals surface area contributed by atoms with Gasteiger partial charge in [-0.3, -0.25) is 14.4 Å². The van der Waals surface area contributed by atoms with E-state index in [1.165, 1.54) is 0 Å². The maximum Gasteiger partial charge on any atom is 0.310 e. The summed E-state index contributed by atoms with van der Waals surface area (Å²) in [5.74, 6) is -0.0967. The van der Waals surface area contributed by atoms with Crippen LogP contribution < -0.4 is 0 Å². The molecule has 2 fully saturated rings. The fourth-order valence-electron chi connectivity index (χ4n) is 8.50. The molecule has 0 saturated heterocycles. The van der Waals surface area contributed by atoms with Crippen molar-refractivity contribution < 1.29 is 24.6 Å². The molecule has 0 amide bonds. The van der Waals surface area contributed by atoms with Crippen molar-refractivity contribution in [2.75, 3.05) is 0 Å². The minimum Gasteiger partial charge on any atom is -0.481 e. The molecule has 0 aromatic heterocycles. The van der Waals surface area contributed by atoms with E-state index in [1.807, 2.05) is 6.92 Å². The standard InChI is InChI=1S/C29H42O5/c1-15(17(3)27(33)34)7-8-16(2)19-9-10-20-25-23(31)13-21-18(4)22(30)11-12-28(21,5)26(25)24(32)14-29(19,20)6/h16-21,23,31H,1,7-14H2,2-6H3,(H,33,34)/t16-,17+,18+,19?,20+,21+,23?,28+,29-/m1/s1. The van der Waals surface area contributed by atoms with Crippen LogP contribution in [0.15, 0.2) is 23.3 Å². The van der Waals surface area contributed by atoms with Gasteiger partial charge in [0, 0.05) is 29.7 Å². The topological polar surface area (TPSA) is 91.7 Å². The number of aliphatic carboxylic acids is 1. The van der Waals surface area contributed by atoms with Gasteiger partial charge in [0.15, 0.2) is 5.78 Å². The van der Waals surface area contributed by atoms with Crippen LogP contribution in [0.5, 0.6) is 0 Å². The van der Waals surface area contributed by atoms with Crippen LogP contribution in [0.1, 0.15) is 86.0 Å². The highest BCUT2D eigenvalue weighted by Crippen LogP contribution is 2.65. The molecule has 5 nitrogen and oxygen atoms in total. The van der Waals surface area contributed by atoms with Crippen molar-refractivity contribution >= 4 is 17.5 Å². The minimum absolute atomic E-state index is 0.0363. The van der Waals surface area contributed by atoms with E-state index in [9.17, 15) is 24.6 Å². The van der Waals surface area contributed by atoms with Gasteiger partial charge in [0.25, 0.3) is 0 Å². The Kier molecular flexibility index (Phi) is 6.50. The van der Waals surface area contributed by atoms with E-state index in [-0.39, 0.29) is 40.2 Å². The second-order valence-electron chi connectivity index (χ2n) is 12.4. The van der Waals surface area contributed by atoms with Crippen molar-refractivity contribution in [1.29, 1.82) is 0 Å². The van der Waals surface area contributed by atoms with Crippen LogP contribution in [0.4, 0.5) is 0 Å². The monoisotopic (exact) mass is 470 g/mol. The Labute approximate surface area is 204 Å². The first-order valence-electron chi connectivity index (χ1n) is 13.2. The average molecular weight is 471 g/mol. The summed E-state index contributed by atoms with van der Waals surface area (Å²) in [5.41, 5.74) is 2.13. The van der Waals surface area contributed by atoms with Crippen molar-refractivity contribution in [2.24, 2.45) is 46.3 Å². The van der Waals surface area contributed by atoms with Gasteiger partial charge in [-0.25, -0.2) is 0 Å². The molecule has 0 spiro atoms. The van der Waals surface area contributed by atoms with E-state index in [1.54, 1.807) is 6.92 Å². The zero-order valence-corrected chi connectivity index (χ0v) is 21.5. The number of ketones is 2. The van der Waals surface area contributed by atoms with Gasteiger partial charge in [-0.1, -0.05) is 39.8 Å². The first-order valence-corrected chi connectivity index (χ1v) is 13.2. The third kappa shape index (κ3) is 3.73. The Morgan fingerprint density at radius 1 is 1.21 bits per heavy atom. The van der Waals surface area contributed by atoms with Crippen molar-refractivity contribution in [1.82, 2.24) is 0 Å². The number of hydrogen-bond acceptors (Lipinski definition) is 4. The van der Waals surface area contributed by atoms with Crippen molar-refractivity contribution in [3.63, 3.8) is 0 Å². The summed E-state index contributed by atoms with van der Waals surface area (Å²) in [4.78, 5) is 37.6. The van der Waals surface area contributed by atoms with Crippen LogP contribution in [0.3, 0.4) is 0 Å². The number of fused-ring (bicyclic) bond motifs is 4. The van der Waals surface area contributed by atoms with Gasteiger partial charge in [-0.2, -0.15) is 0 Å². The van der Waals surface area contributed by atoms with Gasteiger partial charge in [0.05, 0.1) is 12.0 Å². The summed E-state index contributed by atoms with van der Waals surface area (Å²) >= 11 is 0. The van der Waals surface area contributed by atoms with Crippen LogP contribution in [-0.4, -0.2) is 33.9 Å². The molecule has 0 aliphatic heterocycles. The molecule has 2 saturated carbocycles. The lowest BCUT2D eigenvalue weighted by atomic mass is 9.48. The number of allylic oxidation sites excluding steroid dienone is 1. The van der Waals surface area contributed by atoms with Crippen LogP contribution in [0.25, 0.3) is 0 Å². The molecular weight excluding hydrogens is 428 g/mol. The molecule has 4 aliphatic rings. The molecule has 0 bridgehead atoms. The van der Waals surface area contributed by atoms with Gasteiger partial charge < -0.3 is 10.2 Å². The maximum atomic E-state index is 13.8. The molecule has 2 unspecified atom stereocenters.